The first-order valence-electron chi connectivity index (χ1n) is 7.01. The van der Waals surface area contributed by atoms with Crippen LogP contribution in [0.5, 0.6) is 0 Å². The average Bonchev–Trinajstić information content (AvgIpc) is 2.64. The van der Waals surface area contributed by atoms with Crippen molar-refractivity contribution in [3.05, 3.63) is 24.0 Å². The fourth-order valence-corrected chi connectivity index (χ4v) is 2.85. The number of fused-ring (bicyclic) bond motifs is 1. The zero-order valence-electron chi connectivity index (χ0n) is 11.7. The molecule has 1 fully saturated rings. The number of anilines is 1. The van der Waals surface area contributed by atoms with Crippen molar-refractivity contribution >= 4 is 16.7 Å². The monoisotopic (exact) mass is 258 g/mol. The molecular formula is C15H22N4. The highest BCUT2D eigenvalue weighted by molar-refractivity contribution is 5.80. The number of aryl methyl sites for hydroxylation is 2. The van der Waals surface area contributed by atoms with Gasteiger partial charge in [-0.1, -0.05) is 6.42 Å². The number of hydrogen-bond acceptors (Lipinski definition) is 3. The Balaban J connectivity index is 1.78. The maximum absolute atomic E-state index is 5.89. The smallest absolute Gasteiger partial charge is 0.106 e. The molecule has 3 rings (SSSR count). The number of benzene rings is 1. The van der Waals surface area contributed by atoms with Gasteiger partial charge in [-0.2, -0.15) is 0 Å². The first-order valence-corrected chi connectivity index (χ1v) is 7.01. The summed E-state index contributed by atoms with van der Waals surface area (Å²) in [6.07, 6.45) is 3.82. The fourth-order valence-electron chi connectivity index (χ4n) is 2.85. The molecule has 1 aromatic heterocycles. The van der Waals surface area contributed by atoms with Crippen molar-refractivity contribution in [2.24, 2.45) is 18.2 Å². The van der Waals surface area contributed by atoms with Crippen LogP contribution in [0.1, 0.15) is 25.1 Å². The molecule has 2 aromatic rings. The molecule has 0 saturated heterocycles. The van der Waals surface area contributed by atoms with Gasteiger partial charge in [-0.25, -0.2) is 4.98 Å². The molecule has 1 aliphatic carbocycles. The van der Waals surface area contributed by atoms with Gasteiger partial charge < -0.3 is 15.6 Å². The van der Waals surface area contributed by atoms with Gasteiger partial charge in [0.25, 0.3) is 0 Å². The third-order valence-electron chi connectivity index (χ3n) is 4.62. The maximum atomic E-state index is 5.89. The summed E-state index contributed by atoms with van der Waals surface area (Å²) >= 11 is 0. The van der Waals surface area contributed by atoms with E-state index in [0.717, 1.165) is 30.1 Å². The molecule has 1 aromatic carbocycles. The molecule has 4 nitrogen and oxygen atoms in total. The van der Waals surface area contributed by atoms with Crippen LogP contribution in [0.2, 0.25) is 0 Å². The van der Waals surface area contributed by atoms with Crippen LogP contribution in [0.3, 0.4) is 0 Å². The van der Waals surface area contributed by atoms with Gasteiger partial charge in [-0.15, -0.1) is 0 Å². The summed E-state index contributed by atoms with van der Waals surface area (Å²) in [6.45, 7) is 3.79. The lowest BCUT2D eigenvalue weighted by molar-refractivity contribution is 0.163. The van der Waals surface area contributed by atoms with Crippen molar-refractivity contribution in [2.75, 3.05) is 18.4 Å². The summed E-state index contributed by atoms with van der Waals surface area (Å²) in [5.41, 5.74) is 9.60. The van der Waals surface area contributed by atoms with Gasteiger partial charge in [0.05, 0.1) is 11.0 Å². The minimum absolute atomic E-state index is 0.328. The Labute approximate surface area is 114 Å². The number of hydrogen-bond donors (Lipinski definition) is 2. The molecule has 1 saturated carbocycles. The topological polar surface area (TPSA) is 55.9 Å². The second kappa shape index (κ2) is 4.53. The van der Waals surface area contributed by atoms with Crippen LogP contribution in [-0.4, -0.2) is 22.6 Å². The number of rotatable bonds is 4. The summed E-state index contributed by atoms with van der Waals surface area (Å²) in [4.78, 5) is 4.57. The normalized spacial score (nSPS) is 17.4. The van der Waals surface area contributed by atoms with Gasteiger partial charge in [0.15, 0.2) is 0 Å². The van der Waals surface area contributed by atoms with Crippen molar-refractivity contribution in [1.29, 1.82) is 0 Å². The van der Waals surface area contributed by atoms with E-state index in [0.29, 0.717) is 5.41 Å². The molecular weight excluding hydrogens is 236 g/mol. The molecule has 0 amide bonds. The molecule has 1 heterocycles. The predicted molar refractivity (Wildman–Crippen MR) is 79.3 cm³/mol. The molecule has 102 valence electrons. The first kappa shape index (κ1) is 12.5. The van der Waals surface area contributed by atoms with E-state index in [1.807, 2.05) is 6.92 Å². The van der Waals surface area contributed by atoms with Crippen molar-refractivity contribution in [1.82, 2.24) is 9.55 Å². The molecule has 3 N–H and O–H groups in total. The number of imidazole rings is 1. The largest absolute Gasteiger partial charge is 0.384 e. The zero-order chi connectivity index (χ0) is 13.5. The lowest BCUT2D eigenvalue weighted by Crippen LogP contribution is -2.42. The molecule has 0 bridgehead atoms. The van der Waals surface area contributed by atoms with Crippen LogP contribution in [0.25, 0.3) is 11.0 Å². The minimum Gasteiger partial charge on any atom is -0.384 e. The van der Waals surface area contributed by atoms with E-state index < -0.39 is 0 Å². The van der Waals surface area contributed by atoms with Crippen LogP contribution in [0.15, 0.2) is 18.2 Å². The van der Waals surface area contributed by atoms with Crippen LogP contribution in [0, 0.1) is 12.3 Å². The second-order valence-corrected chi connectivity index (χ2v) is 5.83. The highest BCUT2D eigenvalue weighted by Crippen LogP contribution is 2.39. The van der Waals surface area contributed by atoms with E-state index in [2.05, 4.69) is 40.1 Å². The highest BCUT2D eigenvalue weighted by atomic mass is 15.1. The summed E-state index contributed by atoms with van der Waals surface area (Å²) in [5, 5.41) is 3.53. The summed E-state index contributed by atoms with van der Waals surface area (Å²) in [7, 11) is 2.05. The Bertz CT molecular complexity index is 590. The fraction of sp³-hybridized carbons (Fsp3) is 0.533. The number of aromatic nitrogens is 2. The lowest BCUT2D eigenvalue weighted by atomic mass is 9.69. The van der Waals surface area contributed by atoms with Gasteiger partial charge >= 0.3 is 0 Å². The maximum Gasteiger partial charge on any atom is 0.106 e. The molecule has 19 heavy (non-hydrogen) atoms. The van der Waals surface area contributed by atoms with Gasteiger partial charge in [-0.05, 0) is 49.9 Å². The van der Waals surface area contributed by atoms with Gasteiger partial charge in [-0.3, -0.25) is 0 Å². The Morgan fingerprint density at radius 1 is 1.42 bits per heavy atom. The molecule has 0 aliphatic heterocycles. The van der Waals surface area contributed by atoms with Crippen LogP contribution in [-0.2, 0) is 7.05 Å². The summed E-state index contributed by atoms with van der Waals surface area (Å²) in [5.74, 6) is 1.05. The molecule has 0 spiro atoms. The first-order chi connectivity index (χ1) is 9.13. The van der Waals surface area contributed by atoms with Crippen LogP contribution < -0.4 is 11.1 Å². The number of nitrogens with one attached hydrogen (secondary N) is 1. The summed E-state index contributed by atoms with van der Waals surface area (Å²) in [6, 6.07) is 6.39. The zero-order valence-corrected chi connectivity index (χ0v) is 11.7. The molecule has 0 unspecified atom stereocenters. The minimum atomic E-state index is 0.328. The van der Waals surface area contributed by atoms with Crippen molar-refractivity contribution in [3.63, 3.8) is 0 Å². The molecule has 0 atom stereocenters. The average molecular weight is 258 g/mol. The van der Waals surface area contributed by atoms with E-state index in [1.54, 1.807) is 0 Å². The van der Waals surface area contributed by atoms with E-state index in [-0.39, 0.29) is 0 Å². The van der Waals surface area contributed by atoms with E-state index in [4.69, 9.17) is 5.73 Å². The standard InChI is InChI=1S/C15H22N4/c1-11-18-13-8-12(4-5-14(13)19(11)2)17-10-15(9-16)6-3-7-15/h4-5,8,17H,3,6-7,9-10,16H2,1-2H3. The van der Waals surface area contributed by atoms with E-state index >= 15 is 0 Å². The van der Waals surface area contributed by atoms with Crippen molar-refractivity contribution in [3.8, 4) is 0 Å². The van der Waals surface area contributed by atoms with Crippen LogP contribution in [0.4, 0.5) is 5.69 Å². The third-order valence-corrected chi connectivity index (χ3v) is 4.62. The quantitative estimate of drug-likeness (QED) is 0.885. The highest BCUT2D eigenvalue weighted by Gasteiger charge is 2.35. The number of nitrogens with zero attached hydrogens (tertiary/aromatic N) is 2. The Morgan fingerprint density at radius 3 is 2.84 bits per heavy atom. The van der Waals surface area contributed by atoms with Crippen molar-refractivity contribution in [2.45, 2.75) is 26.2 Å². The molecule has 4 heteroatoms. The Kier molecular flexibility index (Phi) is 2.97. The third kappa shape index (κ3) is 2.10. The SMILES string of the molecule is Cc1nc2cc(NCC3(CN)CCC3)ccc2n1C. The van der Waals surface area contributed by atoms with Gasteiger partial charge in [0.2, 0.25) is 0 Å². The van der Waals surface area contributed by atoms with Crippen molar-refractivity contribution < 1.29 is 0 Å². The Morgan fingerprint density at radius 2 is 2.21 bits per heavy atom. The second-order valence-electron chi connectivity index (χ2n) is 5.83. The molecule has 0 radical (unpaired) electrons. The Hall–Kier alpha value is -1.55. The van der Waals surface area contributed by atoms with Crippen LogP contribution >= 0.6 is 0 Å². The number of nitrogens with two attached hydrogens (primary N) is 1. The van der Waals surface area contributed by atoms with E-state index in [1.165, 1.54) is 24.8 Å². The predicted octanol–water partition coefficient (Wildman–Crippen LogP) is 2.42. The molecule has 1 aliphatic rings. The van der Waals surface area contributed by atoms with Gasteiger partial charge in [0.1, 0.15) is 5.82 Å². The lowest BCUT2D eigenvalue weighted by Gasteiger charge is -2.41. The van der Waals surface area contributed by atoms with E-state index in [9.17, 15) is 0 Å². The van der Waals surface area contributed by atoms with Gasteiger partial charge in [0, 0.05) is 19.3 Å². The summed E-state index contributed by atoms with van der Waals surface area (Å²) < 4.78 is 2.12.